The molecule has 1 aromatic carbocycles. The van der Waals surface area contributed by atoms with Gasteiger partial charge in [-0.1, -0.05) is 0 Å². The molecule has 0 saturated carbocycles. The molecular formula is C14H16N4O7. The number of nitrogens with one attached hydrogen (secondary N) is 1. The minimum atomic E-state index is -1.30. The molecule has 134 valence electrons. The van der Waals surface area contributed by atoms with Crippen LogP contribution in [0.5, 0.6) is 0 Å². The van der Waals surface area contributed by atoms with Gasteiger partial charge in [-0.15, -0.1) is 0 Å². The number of nitrogens with zero attached hydrogens (tertiary/aromatic N) is 3. The fourth-order valence-corrected chi connectivity index (χ4v) is 2.71. The van der Waals surface area contributed by atoms with E-state index in [-0.39, 0.29) is 11.3 Å². The number of carbonyl (C=O) groups excluding carboxylic acids is 1. The lowest BCUT2D eigenvalue weighted by molar-refractivity contribution is -0.392. The lowest BCUT2D eigenvalue weighted by atomic mass is 10.1. The predicted molar refractivity (Wildman–Crippen MR) is 85.8 cm³/mol. The SMILES string of the molecule is O=C(O)CNC(=O)c1cc([N+](=O)[O-])c(N2CCCCC2)c([N+](=O)[O-])c1. The van der Waals surface area contributed by atoms with Gasteiger partial charge >= 0.3 is 5.97 Å². The molecule has 1 fully saturated rings. The van der Waals surface area contributed by atoms with Crippen molar-refractivity contribution in [1.29, 1.82) is 0 Å². The van der Waals surface area contributed by atoms with E-state index in [9.17, 15) is 29.8 Å². The first-order valence-corrected chi connectivity index (χ1v) is 7.53. The first-order chi connectivity index (χ1) is 11.8. The van der Waals surface area contributed by atoms with Gasteiger partial charge in [0.2, 0.25) is 0 Å². The van der Waals surface area contributed by atoms with E-state index in [1.807, 2.05) is 5.32 Å². The number of amides is 1. The molecule has 0 spiro atoms. The normalized spacial score (nSPS) is 14.0. The average Bonchev–Trinajstić information content (AvgIpc) is 2.59. The van der Waals surface area contributed by atoms with Crippen LogP contribution in [-0.2, 0) is 4.79 Å². The highest BCUT2D eigenvalue weighted by molar-refractivity contribution is 5.98. The Kier molecular flexibility index (Phi) is 5.47. The van der Waals surface area contributed by atoms with E-state index in [1.54, 1.807) is 4.90 Å². The maximum absolute atomic E-state index is 12.0. The second kappa shape index (κ2) is 7.55. The second-order valence-electron chi connectivity index (χ2n) is 5.50. The molecule has 11 heteroatoms. The zero-order chi connectivity index (χ0) is 18.6. The van der Waals surface area contributed by atoms with Crippen LogP contribution in [0.15, 0.2) is 12.1 Å². The fourth-order valence-electron chi connectivity index (χ4n) is 2.71. The van der Waals surface area contributed by atoms with E-state index in [1.165, 1.54) is 0 Å². The van der Waals surface area contributed by atoms with Crippen molar-refractivity contribution in [3.63, 3.8) is 0 Å². The highest BCUT2D eigenvalue weighted by Gasteiger charge is 2.33. The van der Waals surface area contributed by atoms with E-state index >= 15 is 0 Å². The van der Waals surface area contributed by atoms with Gasteiger partial charge in [-0.25, -0.2) is 0 Å². The molecule has 11 nitrogen and oxygen atoms in total. The van der Waals surface area contributed by atoms with Crippen LogP contribution in [0.1, 0.15) is 29.6 Å². The predicted octanol–water partition coefficient (Wildman–Crippen LogP) is 1.31. The molecule has 2 N–H and O–H groups in total. The summed E-state index contributed by atoms with van der Waals surface area (Å²) >= 11 is 0. The van der Waals surface area contributed by atoms with Gasteiger partial charge in [0.15, 0.2) is 5.69 Å². The Morgan fingerprint density at radius 2 is 1.60 bits per heavy atom. The number of carboxylic acids is 1. The van der Waals surface area contributed by atoms with Crippen LogP contribution in [0.4, 0.5) is 17.1 Å². The molecule has 0 unspecified atom stereocenters. The van der Waals surface area contributed by atoms with E-state index in [4.69, 9.17) is 5.11 Å². The maximum Gasteiger partial charge on any atom is 0.322 e. The summed E-state index contributed by atoms with van der Waals surface area (Å²) in [7, 11) is 0. The summed E-state index contributed by atoms with van der Waals surface area (Å²) in [6.45, 7) is 0.201. The van der Waals surface area contributed by atoms with Gasteiger partial charge in [0.25, 0.3) is 17.3 Å². The van der Waals surface area contributed by atoms with Gasteiger partial charge in [0.1, 0.15) is 6.54 Å². The molecule has 1 amide bonds. The molecule has 1 heterocycles. The molecule has 25 heavy (non-hydrogen) atoms. The summed E-state index contributed by atoms with van der Waals surface area (Å²) in [5.74, 6) is -2.24. The van der Waals surface area contributed by atoms with E-state index in [2.05, 4.69) is 0 Å². The summed E-state index contributed by atoms with van der Waals surface area (Å²) in [4.78, 5) is 45.3. The van der Waals surface area contributed by atoms with E-state index < -0.39 is 39.6 Å². The van der Waals surface area contributed by atoms with Crippen molar-refractivity contribution >= 4 is 28.9 Å². The third-order valence-electron chi connectivity index (χ3n) is 3.80. The molecular weight excluding hydrogens is 336 g/mol. The summed E-state index contributed by atoms with van der Waals surface area (Å²) in [6, 6.07) is 1.88. The summed E-state index contributed by atoms with van der Waals surface area (Å²) in [5.41, 5.74) is -1.54. The van der Waals surface area contributed by atoms with Crippen LogP contribution in [0.2, 0.25) is 0 Å². The number of carbonyl (C=O) groups is 2. The van der Waals surface area contributed by atoms with E-state index in [0.717, 1.165) is 31.4 Å². The third-order valence-corrected chi connectivity index (χ3v) is 3.80. The van der Waals surface area contributed by atoms with Crippen molar-refractivity contribution in [2.75, 3.05) is 24.5 Å². The van der Waals surface area contributed by atoms with Crippen molar-refractivity contribution in [3.8, 4) is 0 Å². The lowest BCUT2D eigenvalue weighted by Gasteiger charge is -2.28. The molecule has 2 rings (SSSR count). The maximum atomic E-state index is 12.0. The zero-order valence-corrected chi connectivity index (χ0v) is 13.1. The Hall–Kier alpha value is -3.24. The number of nitro benzene ring substituents is 2. The Morgan fingerprint density at radius 3 is 2.04 bits per heavy atom. The minimum absolute atomic E-state index is 0.121. The van der Waals surface area contributed by atoms with Gasteiger partial charge < -0.3 is 15.3 Å². The van der Waals surface area contributed by atoms with Crippen LogP contribution in [0.25, 0.3) is 0 Å². The first kappa shape index (κ1) is 18.1. The molecule has 1 aliphatic heterocycles. The van der Waals surface area contributed by atoms with Crippen molar-refractivity contribution in [1.82, 2.24) is 5.32 Å². The number of rotatable bonds is 6. The largest absolute Gasteiger partial charge is 0.480 e. The standard InChI is InChI=1S/C14H16N4O7/c19-12(20)8-15-14(21)9-6-10(17(22)23)13(11(7-9)18(24)25)16-4-2-1-3-5-16/h6-7H,1-5,8H2,(H,15,21)(H,19,20). The molecule has 0 radical (unpaired) electrons. The molecule has 0 aromatic heterocycles. The van der Waals surface area contributed by atoms with Crippen molar-refractivity contribution in [2.24, 2.45) is 0 Å². The number of piperidine rings is 1. The molecule has 1 aromatic rings. The van der Waals surface area contributed by atoms with Gasteiger partial charge in [0, 0.05) is 25.2 Å². The number of anilines is 1. The summed E-state index contributed by atoms with van der Waals surface area (Å²) < 4.78 is 0. The number of hydrogen-bond acceptors (Lipinski definition) is 7. The monoisotopic (exact) mass is 352 g/mol. The smallest absolute Gasteiger partial charge is 0.322 e. The van der Waals surface area contributed by atoms with Crippen LogP contribution in [0, 0.1) is 20.2 Å². The average molecular weight is 352 g/mol. The van der Waals surface area contributed by atoms with Crippen molar-refractivity contribution in [3.05, 3.63) is 37.9 Å². The molecule has 1 saturated heterocycles. The Balaban J connectivity index is 2.51. The molecule has 0 bridgehead atoms. The molecule has 1 aliphatic rings. The molecule has 0 aliphatic carbocycles. The number of carboxylic acid groups (broad SMARTS) is 1. The van der Waals surface area contributed by atoms with E-state index in [0.29, 0.717) is 13.1 Å². The Morgan fingerprint density at radius 1 is 1.08 bits per heavy atom. The highest BCUT2D eigenvalue weighted by atomic mass is 16.6. The van der Waals surface area contributed by atoms with Crippen LogP contribution >= 0.6 is 0 Å². The lowest BCUT2D eigenvalue weighted by Crippen LogP contribution is -2.31. The second-order valence-corrected chi connectivity index (χ2v) is 5.50. The number of nitro groups is 2. The van der Waals surface area contributed by atoms with Gasteiger partial charge in [-0.3, -0.25) is 29.8 Å². The van der Waals surface area contributed by atoms with Gasteiger partial charge in [-0.2, -0.15) is 0 Å². The summed E-state index contributed by atoms with van der Waals surface area (Å²) in [6.07, 6.45) is 2.46. The number of aliphatic carboxylic acids is 1. The van der Waals surface area contributed by atoms with Crippen molar-refractivity contribution < 1.29 is 24.5 Å². The highest BCUT2D eigenvalue weighted by Crippen LogP contribution is 2.39. The van der Waals surface area contributed by atoms with Crippen molar-refractivity contribution in [2.45, 2.75) is 19.3 Å². The topological polar surface area (TPSA) is 156 Å². The van der Waals surface area contributed by atoms with Gasteiger partial charge in [0.05, 0.1) is 15.4 Å². The zero-order valence-electron chi connectivity index (χ0n) is 13.1. The van der Waals surface area contributed by atoms with Gasteiger partial charge in [-0.05, 0) is 19.3 Å². The molecule has 0 atom stereocenters. The summed E-state index contributed by atoms with van der Waals surface area (Å²) in [5, 5.41) is 33.4. The Labute approximate surface area is 141 Å². The Bertz CT molecular complexity index is 693. The number of hydrogen-bond donors (Lipinski definition) is 2. The quantitative estimate of drug-likeness (QED) is 0.573. The third kappa shape index (κ3) is 4.19. The number of benzene rings is 1. The van der Waals surface area contributed by atoms with Crippen LogP contribution in [0.3, 0.4) is 0 Å². The fraction of sp³-hybridized carbons (Fsp3) is 0.429. The van der Waals surface area contributed by atoms with Crippen LogP contribution in [-0.4, -0.2) is 46.5 Å². The first-order valence-electron chi connectivity index (χ1n) is 7.53. The minimum Gasteiger partial charge on any atom is -0.480 e. The van der Waals surface area contributed by atoms with Crippen LogP contribution < -0.4 is 10.2 Å².